The van der Waals surface area contributed by atoms with E-state index in [1.165, 1.54) is 13.8 Å². The van der Waals surface area contributed by atoms with E-state index in [-0.39, 0.29) is 79.3 Å². The van der Waals surface area contributed by atoms with Crippen LogP contribution in [0.25, 0.3) is 0 Å². The van der Waals surface area contributed by atoms with E-state index in [4.69, 9.17) is 0 Å². The molecule has 158 valence electrons. The zero-order valence-corrected chi connectivity index (χ0v) is 23.8. The van der Waals surface area contributed by atoms with Gasteiger partial charge in [0.15, 0.2) is 0 Å². The van der Waals surface area contributed by atoms with Crippen LogP contribution in [0.4, 0.5) is 17.1 Å². The van der Waals surface area contributed by atoms with Gasteiger partial charge in [0.05, 0.1) is 0 Å². The molecule has 0 atom stereocenters. The number of anilines is 2. The van der Waals surface area contributed by atoms with Crippen molar-refractivity contribution in [3.8, 4) is 5.75 Å². The molecule has 2 N–H and O–H groups in total. The Balaban J connectivity index is 0.00000363. The number of rotatable bonds is 5. The Morgan fingerprint density at radius 2 is 1.12 bits per heavy atom. The van der Waals surface area contributed by atoms with Crippen LogP contribution in [0, 0.1) is 18.8 Å². The van der Waals surface area contributed by atoms with E-state index in [0.717, 1.165) is 8.95 Å². The molecule has 0 bridgehead atoms. The van der Waals surface area contributed by atoms with Crippen LogP contribution in [0.1, 0.15) is 31.8 Å². The van der Waals surface area contributed by atoms with Crippen molar-refractivity contribution in [3.05, 3.63) is 84.6 Å². The molecule has 32 heavy (non-hydrogen) atoms. The summed E-state index contributed by atoms with van der Waals surface area (Å²) in [6.45, 7) is 2.91. The maximum absolute atomic E-state index is 13.2. The van der Waals surface area contributed by atoms with Crippen molar-refractivity contribution in [1.82, 2.24) is 0 Å². The average Bonchev–Trinajstić information content (AvgIpc) is 2.71. The first-order valence-electron chi connectivity index (χ1n) is 9.04. The number of hydrogen-bond donors (Lipinski definition) is 2. The molecule has 0 heterocycles. The number of amides is 2. The minimum Gasteiger partial charge on any atom is -0.871 e. The summed E-state index contributed by atoms with van der Waals surface area (Å²) >= 11 is 6.61. The average molecular weight is 585 g/mol. The fourth-order valence-corrected chi connectivity index (χ4v) is 3.65. The van der Waals surface area contributed by atoms with E-state index in [2.05, 4.69) is 47.7 Å². The van der Waals surface area contributed by atoms with Crippen LogP contribution >= 0.6 is 31.9 Å². The molecule has 0 radical (unpaired) electrons. The summed E-state index contributed by atoms with van der Waals surface area (Å²) in [6.07, 6.45) is 0. The molecule has 0 fully saturated rings. The second-order valence-corrected chi connectivity index (χ2v) is 8.52. The third kappa shape index (κ3) is 5.93. The molecule has 3 rings (SSSR count). The maximum Gasteiger partial charge on any atom is 1.00 e. The van der Waals surface area contributed by atoms with Crippen molar-refractivity contribution in [3.63, 3.8) is 0 Å². The van der Waals surface area contributed by atoms with E-state index in [1.54, 1.807) is 48.5 Å². The topological polar surface area (TPSA) is 111 Å². The van der Waals surface area contributed by atoms with Crippen LogP contribution in [-0.4, -0.2) is 11.8 Å². The number of halogens is 2. The number of benzene rings is 3. The van der Waals surface area contributed by atoms with Gasteiger partial charge in [-0.15, -0.1) is 4.91 Å². The van der Waals surface area contributed by atoms with Gasteiger partial charge in [-0.1, -0.05) is 37.6 Å². The number of nitroso groups, excluding NO2 is 1. The zero-order valence-electron chi connectivity index (χ0n) is 17.5. The number of nitrogens with zero attached hydrogens (tertiary/aromatic N) is 1. The Bertz CT molecular complexity index is 1100. The largest absolute Gasteiger partial charge is 1.00 e. The third-order valence-electron chi connectivity index (χ3n) is 4.66. The van der Waals surface area contributed by atoms with E-state index >= 15 is 0 Å². The summed E-state index contributed by atoms with van der Waals surface area (Å²) in [4.78, 5) is 37.2. The van der Waals surface area contributed by atoms with Crippen molar-refractivity contribution >= 4 is 60.7 Å². The molecule has 0 saturated carbocycles. The third-order valence-corrected chi connectivity index (χ3v) is 5.72. The molecule has 10 heteroatoms. The van der Waals surface area contributed by atoms with Crippen LogP contribution in [-0.2, 0) is 0 Å². The molecular formula is C22H16Br2KN3O4. The summed E-state index contributed by atoms with van der Waals surface area (Å²) in [5, 5.41) is 21.4. The minimum absolute atomic E-state index is 0. The maximum atomic E-state index is 13.2. The van der Waals surface area contributed by atoms with E-state index < -0.39 is 17.6 Å². The Morgan fingerprint density at radius 3 is 1.44 bits per heavy atom. The molecule has 0 saturated heterocycles. The molecule has 2 amide bonds. The molecular weight excluding hydrogens is 569 g/mol. The van der Waals surface area contributed by atoms with Gasteiger partial charge in [-0.05, 0) is 78.7 Å². The van der Waals surface area contributed by atoms with Gasteiger partial charge in [0.2, 0.25) is 0 Å². The second kappa shape index (κ2) is 11.6. The predicted octanol–water partition coefficient (Wildman–Crippen LogP) is 2.81. The van der Waals surface area contributed by atoms with Gasteiger partial charge in [0.1, 0.15) is 5.69 Å². The molecule has 0 aromatic heterocycles. The zero-order chi connectivity index (χ0) is 22.7. The van der Waals surface area contributed by atoms with E-state index in [0.29, 0.717) is 11.4 Å². The fraction of sp³-hybridized carbons (Fsp3) is 0.0909. The Morgan fingerprint density at radius 1 is 0.781 bits per heavy atom. The smallest absolute Gasteiger partial charge is 0.871 e. The summed E-state index contributed by atoms with van der Waals surface area (Å²) in [6, 6.07) is 13.5. The van der Waals surface area contributed by atoms with Crippen LogP contribution in [0.5, 0.6) is 5.75 Å². The van der Waals surface area contributed by atoms with E-state index in [9.17, 15) is 19.6 Å². The van der Waals surface area contributed by atoms with Crippen molar-refractivity contribution < 1.29 is 66.1 Å². The van der Waals surface area contributed by atoms with Gasteiger partial charge >= 0.3 is 51.4 Å². The minimum atomic E-state index is -0.772. The number of carbonyl (C=O) groups excluding carboxylic acids is 2. The Kier molecular flexibility index (Phi) is 9.77. The summed E-state index contributed by atoms with van der Waals surface area (Å²) < 4.78 is 1.64. The van der Waals surface area contributed by atoms with Crippen molar-refractivity contribution in [2.75, 3.05) is 10.6 Å². The SMILES string of the molecule is Cc1c(N=O)c(C)c(C(=O)Nc2ccc(Br)cc2)c([O-])c1C(=O)Nc1ccc(Br)cc1.[K+]. The van der Waals surface area contributed by atoms with Gasteiger partial charge in [-0.2, -0.15) is 0 Å². The van der Waals surface area contributed by atoms with Crippen LogP contribution in [0.15, 0.2) is 62.7 Å². The number of nitrogens with one attached hydrogen (secondary N) is 2. The van der Waals surface area contributed by atoms with Crippen LogP contribution in [0.3, 0.4) is 0 Å². The quantitative estimate of drug-likeness (QED) is 0.355. The second-order valence-electron chi connectivity index (χ2n) is 6.69. The van der Waals surface area contributed by atoms with Crippen molar-refractivity contribution in [2.45, 2.75) is 13.8 Å². The predicted molar refractivity (Wildman–Crippen MR) is 125 cm³/mol. The number of carbonyl (C=O) groups is 2. The van der Waals surface area contributed by atoms with Crippen LogP contribution < -0.4 is 67.1 Å². The number of hydrogen-bond acceptors (Lipinski definition) is 5. The van der Waals surface area contributed by atoms with Gasteiger partial charge in [0.25, 0.3) is 11.8 Å². The monoisotopic (exact) mass is 583 g/mol. The first kappa shape index (κ1) is 26.8. The van der Waals surface area contributed by atoms with Gasteiger partial charge in [-0.25, -0.2) is 0 Å². The normalized spacial score (nSPS) is 10.1. The van der Waals surface area contributed by atoms with Gasteiger partial charge in [0, 0.05) is 31.4 Å². The van der Waals surface area contributed by atoms with E-state index in [1.807, 2.05) is 0 Å². The Hall–Kier alpha value is -1.40. The molecule has 0 aliphatic rings. The van der Waals surface area contributed by atoms with Crippen LogP contribution in [0.2, 0.25) is 0 Å². The fourth-order valence-electron chi connectivity index (χ4n) is 3.12. The van der Waals surface area contributed by atoms with Gasteiger partial charge in [-0.3, -0.25) is 9.59 Å². The summed E-state index contributed by atoms with van der Waals surface area (Å²) in [5.74, 6) is -2.23. The molecule has 7 nitrogen and oxygen atoms in total. The van der Waals surface area contributed by atoms with Gasteiger partial charge < -0.3 is 15.7 Å². The van der Waals surface area contributed by atoms with Crippen molar-refractivity contribution in [1.29, 1.82) is 0 Å². The molecule has 0 aliphatic carbocycles. The van der Waals surface area contributed by atoms with Crippen molar-refractivity contribution in [2.24, 2.45) is 5.18 Å². The summed E-state index contributed by atoms with van der Waals surface area (Å²) in [5.41, 5.74) is 0.428. The molecule has 0 unspecified atom stereocenters. The molecule has 0 spiro atoms. The first-order valence-corrected chi connectivity index (χ1v) is 10.6. The molecule has 3 aromatic carbocycles. The standard InChI is InChI=1S/C22H17Br2N3O4.K/c1-11-17(21(29)25-15-7-3-13(23)4-8-15)20(28)18(12(2)19(11)27-31)22(30)26-16-9-5-14(24)6-10-16;/h3-10,28H,1-2H3,(H,25,29)(H,26,30);/q;+1/p-1. The first-order chi connectivity index (χ1) is 14.7. The molecule has 0 aliphatic heterocycles. The summed E-state index contributed by atoms with van der Waals surface area (Å²) in [7, 11) is 0. The molecule has 3 aromatic rings. The Labute approximate surface area is 244 Å².